The molecule has 52 heavy (non-hydrogen) atoms. The van der Waals surface area contributed by atoms with Crippen LogP contribution in [0.5, 0.6) is 0 Å². The summed E-state index contributed by atoms with van der Waals surface area (Å²) < 4.78 is 59.4. The Morgan fingerprint density at radius 2 is 1.23 bits per heavy atom. The minimum Gasteiger partial charge on any atom is -0.475 e. The maximum Gasteiger partial charge on any atom is 0.490 e. The largest absolute Gasteiger partial charge is 0.490 e. The van der Waals surface area contributed by atoms with E-state index in [1.165, 1.54) is 0 Å². The first-order chi connectivity index (χ1) is 24.6. The van der Waals surface area contributed by atoms with Crippen molar-refractivity contribution in [3.05, 3.63) is 71.8 Å². The molecule has 4 heterocycles. The van der Waals surface area contributed by atoms with Crippen LogP contribution in [-0.4, -0.2) is 133 Å². The second-order valence-electron chi connectivity index (χ2n) is 13.3. The predicted molar refractivity (Wildman–Crippen MR) is 178 cm³/mol. The smallest absolute Gasteiger partial charge is 0.475 e. The highest BCUT2D eigenvalue weighted by atomic mass is 19.4. The van der Waals surface area contributed by atoms with Crippen LogP contribution in [0.2, 0.25) is 0 Å². The fourth-order valence-corrected chi connectivity index (χ4v) is 5.81. The number of carbonyl (C=O) groups is 4. The van der Waals surface area contributed by atoms with Gasteiger partial charge in [-0.1, -0.05) is 60.7 Å². The number of aliphatic carboxylic acids is 1. The summed E-state index contributed by atoms with van der Waals surface area (Å²) in [4.78, 5) is 50.9. The van der Waals surface area contributed by atoms with E-state index >= 15 is 0 Å². The van der Waals surface area contributed by atoms with Gasteiger partial charge in [-0.3, -0.25) is 9.80 Å². The van der Waals surface area contributed by atoms with E-state index in [1.807, 2.05) is 81.4 Å². The van der Waals surface area contributed by atoms with Crippen LogP contribution in [0.4, 0.5) is 27.6 Å². The molecule has 4 fully saturated rings. The van der Waals surface area contributed by atoms with E-state index in [9.17, 15) is 27.6 Å². The molecular formula is C35H45F3N4O10. The first-order valence-electron chi connectivity index (χ1n) is 16.8. The van der Waals surface area contributed by atoms with Gasteiger partial charge >= 0.3 is 30.4 Å². The summed E-state index contributed by atoms with van der Waals surface area (Å²) in [6.45, 7) is 10.5. The van der Waals surface area contributed by atoms with Crippen LogP contribution in [0.15, 0.2) is 60.7 Å². The number of halogens is 3. The molecule has 0 aliphatic carbocycles. The normalized spacial score (nSPS) is 22.4. The van der Waals surface area contributed by atoms with Gasteiger partial charge in [-0.25, -0.2) is 19.2 Å². The van der Waals surface area contributed by atoms with Gasteiger partial charge in [-0.2, -0.15) is 13.2 Å². The molecule has 6 rings (SSSR count). The molecule has 0 unspecified atom stereocenters. The summed E-state index contributed by atoms with van der Waals surface area (Å²) >= 11 is 0. The molecule has 0 radical (unpaired) electrons. The van der Waals surface area contributed by atoms with Gasteiger partial charge in [-0.05, 0) is 31.9 Å². The number of morpholine rings is 2. The summed E-state index contributed by atoms with van der Waals surface area (Å²) in [6, 6.07) is 19.2. The zero-order valence-electron chi connectivity index (χ0n) is 29.3. The molecule has 0 saturated carbocycles. The van der Waals surface area contributed by atoms with Crippen LogP contribution in [0.3, 0.4) is 0 Å². The Bertz CT molecular complexity index is 1480. The molecule has 0 spiro atoms. The molecular weight excluding hydrogens is 693 g/mol. The fraction of sp³-hybridized carbons (Fsp3) is 0.543. The van der Waals surface area contributed by atoms with E-state index in [0.29, 0.717) is 46.0 Å². The molecule has 286 valence electrons. The minimum absolute atomic E-state index is 0.108. The SMILES string of the molecule is CC(C)(C)OC(=O)N1C[C@H]2OCCN(C(=O)OCc3ccccc3)[C@H]2C1.O=C(O)C(F)(F)F.O=C(OCc1ccccc1)N1CCO[C@@H]2CNC[C@@H]21. The lowest BCUT2D eigenvalue weighted by Crippen LogP contribution is -2.53. The number of nitrogens with one attached hydrogen (secondary N) is 1. The molecule has 2 N–H and O–H groups in total. The number of rotatable bonds is 4. The first kappa shape index (κ1) is 40.2. The van der Waals surface area contributed by atoms with Crippen LogP contribution in [-0.2, 0) is 41.7 Å². The van der Waals surface area contributed by atoms with E-state index in [2.05, 4.69) is 5.32 Å². The number of fused-ring (bicyclic) bond motifs is 2. The summed E-state index contributed by atoms with van der Waals surface area (Å²) in [5.41, 5.74) is 1.39. The number of carboxylic acids is 1. The Morgan fingerprint density at radius 1 is 0.750 bits per heavy atom. The number of nitrogens with zero attached hydrogens (tertiary/aromatic N) is 3. The number of benzene rings is 2. The molecule has 4 saturated heterocycles. The number of hydrogen-bond donors (Lipinski definition) is 2. The number of alkyl halides is 3. The third-order valence-electron chi connectivity index (χ3n) is 8.27. The van der Waals surface area contributed by atoms with Gasteiger partial charge in [0.25, 0.3) is 0 Å². The second-order valence-corrected chi connectivity index (χ2v) is 13.3. The van der Waals surface area contributed by atoms with Crippen molar-refractivity contribution in [2.45, 2.75) is 70.1 Å². The molecule has 0 bridgehead atoms. The molecule has 4 aliphatic rings. The molecule has 14 nitrogen and oxygen atoms in total. The zero-order chi connectivity index (χ0) is 37.9. The van der Waals surface area contributed by atoms with Crippen molar-refractivity contribution >= 4 is 24.2 Å². The number of amides is 3. The van der Waals surface area contributed by atoms with Crippen LogP contribution in [0.25, 0.3) is 0 Å². The summed E-state index contributed by atoms with van der Waals surface area (Å²) in [5, 5.41) is 10.4. The molecule has 3 amide bonds. The van der Waals surface area contributed by atoms with Crippen LogP contribution in [0.1, 0.15) is 31.9 Å². The Morgan fingerprint density at radius 3 is 1.71 bits per heavy atom. The number of likely N-dealkylation sites (tertiary alicyclic amines) is 1. The lowest BCUT2D eigenvalue weighted by atomic mass is 10.1. The third kappa shape index (κ3) is 12.0. The van der Waals surface area contributed by atoms with Gasteiger partial charge in [0, 0.05) is 32.7 Å². The van der Waals surface area contributed by atoms with Crippen molar-refractivity contribution in [3.8, 4) is 0 Å². The lowest BCUT2D eigenvalue weighted by Gasteiger charge is -2.36. The minimum atomic E-state index is -5.08. The van der Waals surface area contributed by atoms with Crippen LogP contribution < -0.4 is 5.32 Å². The van der Waals surface area contributed by atoms with Crippen molar-refractivity contribution in [3.63, 3.8) is 0 Å². The van der Waals surface area contributed by atoms with Gasteiger partial charge in [0.2, 0.25) is 0 Å². The van der Waals surface area contributed by atoms with Crippen LogP contribution in [0, 0.1) is 0 Å². The number of carboxylic acid groups (broad SMARTS) is 1. The van der Waals surface area contributed by atoms with Crippen molar-refractivity contribution in [1.82, 2.24) is 20.0 Å². The quantitative estimate of drug-likeness (QED) is 0.432. The fourth-order valence-electron chi connectivity index (χ4n) is 5.81. The number of carbonyl (C=O) groups excluding carboxylic acids is 3. The third-order valence-corrected chi connectivity index (χ3v) is 8.27. The molecule has 2 aromatic carbocycles. The predicted octanol–water partition coefficient (Wildman–Crippen LogP) is 4.27. The standard InChI is InChI=1S/C19H26N2O5.C14H18N2O3.C2HF3O2/c1-19(2,3)26-17(22)20-11-15-16(12-20)24-10-9-21(15)18(23)25-13-14-7-5-4-6-8-14;17-14(19-10-11-4-2-1-3-5-11)16-6-7-18-13-9-15-8-12(13)16;3-2(4,5)1(6)7/h4-8,15-16H,9-13H2,1-3H3;1-5,12-13,15H,6-10H2;(H,6,7)/t15-,16+;12-,13+;/m00./s1. The number of hydrogen-bond acceptors (Lipinski definition) is 10. The van der Waals surface area contributed by atoms with E-state index in [0.717, 1.165) is 24.2 Å². The monoisotopic (exact) mass is 738 g/mol. The van der Waals surface area contributed by atoms with Crippen molar-refractivity contribution < 1.29 is 61.1 Å². The summed E-state index contributed by atoms with van der Waals surface area (Å²) in [6.07, 6.45) is -6.18. The van der Waals surface area contributed by atoms with E-state index < -0.39 is 17.7 Å². The Kier molecular flexibility index (Phi) is 14.1. The highest BCUT2D eigenvalue weighted by molar-refractivity contribution is 5.73. The van der Waals surface area contributed by atoms with E-state index in [-0.39, 0.29) is 49.2 Å². The van der Waals surface area contributed by atoms with Crippen molar-refractivity contribution in [2.75, 3.05) is 52.5 Å². The highest BCUT2D eigenvalue weighted by Gasteiger charge is 2.45. The molecule has 2 aromatic rings. The average Bonchev–Trinajstić information content (AvgIpc) is 3.78. The summed E-state index contributed by atoms with van der Waals surface area (Å²) in [5.74, 6) is -2.76. The molecule has 4 atom stereocenters. The van der Waals surface area contributed by atoms with Gasteiger partial charge in [0.1, 0.15) is 18.8 Å². The molecule has 0 aromatic heterocycles. The lowest BCUT2D eigenvalue weighted by molar-refractivity contribution is -0.192. The maximum atomic E-state index is 12.5. The summed E-state index contributed by atoms with van der Waals surface area (Å²) in [7, 11) is 0. The Labute approximate surface area is 299 Å². The Hall–Kier alpha value is -4.61. The average molecular weight is 739 g/mol. The van der Waals surface area contributed by atoms with Crippen molar-refractivity contribution in [2.24, 2.45) is 0 Å². The Balaban J connectivity index is 0.000000203. The first-order valence-corrected chi connectivity index (χ1v) is 16.8. The van der Waals surface area contributed by atoms with Crippen LogP contribution >= 0.6 is 0 Å². The van der Waals surface area contributed by atoms with Gasteiger partial charge in [0.05, 0.1) is 44.1 Å². The highest BCUT2D eigenvalue weighted by Crippen LogP contribution is 2.25. The maximum absolute atomic E-state index is 12.5. The zero-order valence-corrected chi connectivity index (χ0v) is 29.3. The topological polar surface area (TPSA) is 156 Å². The van der Waals surface area contributed by atoms with E-state index in [1.54, 1.807) is 14.7 Å². The molecule has 4 aliphatic heterocycles. The van der Waals surface area contributed by atoms with Crippen molar-refractivity contribution in [1.29, 1.82) is 0 Å². The van der Waals surface area contributed by atoms with Gasteiger partial charge in [0.15, 0.2) is 0 Å². The second kappa shape index (κ2) is 18.2. The van der Waals surface area contributed by atoms with Gasteiger partial charge < -0.3 is 39.0 Å². The van der Waals surface area contributed by atoms with E-state index in [4.69, 9.17) is 33.6 Å². The van der Waals surface area contributed by atoms with Gasteiger partial charge in [-0.15, -0.1) is 0 Å². The molecule has 17 heteroatoms. The number of ether oxygens (including phenoxy) is 5.